The number of piperidine rings is 1. The van der Waals surface area contributed by atoms with E-state index in [4.69, 9.17) is 23.2 Å². The minimum absolute atomic E-state index is 0.339. The van der Waals surface area contributed by atoms with Gasteiger partial charge in [0, 0.05) is 11.1 Å². The maximum absolute atomic E-state index is 6.27. The Morgan fingerprint density at radius 1 is 1.26 bits per heavy atom. The van der Waals surface area contributed by atoms with Gasteiger partial charge in [0.15, 0.2) is 0 Å². The van der Waals surface area contributed by atoms with Crippen LogP contribution in [-0.4, -0.2) is 16.1 Å². The molecule has 2 heterocycles. The zero-order valence-corrected chi connectivity index (χ0v) is 12.0. The van der Waals surface area contributed by atoms with Crippen LogP contribution in [-0.2, 0) is 0 Å². The number of hydrogen-bond donors (Lipinski definition) is 1. The van der Waals surface area contributed by atoms with E-state index in [1.165, 1.54) is 12.8 Å². The van der Waals surface area contributed by atoms with E-state index in [1.807, 2.05) is 22.9 Å². The van der Waals surface area contributed by atoms with Gasteiger partial charge in [0.2, 0.25) is 0 Å². The molecule has 19 heavy (non-hydrogen) atoms. The molecule has 1 unspecified atom stereocenters. The van der Waals surface area contributed by atoms with E-state index in [-0.39, 0.29) is 0 Å². The average molecular weight is 296 g/mol. The molecule has 0 spiro atoms. The molecule has 1 fully saturated rings. The Morgan fingerprint density at radius 2 is 2.16 bits per heavy atom. The molecule has 0 bridgehead atoms. The van der Waals surface area contributed by atoms with E-state index in [2.05, 4.69) is 10.3 Å². The quantitative estimate of drug-likeness (QED) is 0.908. The predicted molar refractivity (Wildman–Crippen MR) is 78.2 cm³/mol. The molecule has 1 aliphatic rings. The Balaban J connectivity index is 2.01. The third-order valence-electron chi connectivity index (χ3n) is 3.50. The lowest BCUT2D eigenvalue weighted by Gasteiger charge is -2.24. The maximum atomic E-state index is 6.27. The second kappa shape index (κ2) is 5.53. The number of nitrogens with one attached hydrogen (secondary N) is 1. The number of aromatic nitrogens is 2. The third kappa shape index (κ3) is 2.64. The van der Waals surface area contributed by atoms with Crippen molar-refractivity contribution in [3.05, 3.63) is 46.5 Å². The average Bonchev–Trinajstić information content (AvgIpc) is 2.91. The van der Waals surface area contributed by atoms with Gasteiger partial charge < -0.3 is 9.88 Å². The Kier molecular flexibility index (Phi) is 3.78. The van der Waals surface area contributed by atoms with Crippen LogP contribution in [0.5, 0.6) is 0 Å². The van der Waals surface area contributed by atoms with Gasteiger partial charge in [0.05, 0.1) is 28.9 Å². The summed E-state index contributed by atoms with van der Waals surface area (Å²) < 4.78 is 2.02. The van der Waals surface area contributed by atoms with Gasteiger partial charge in [-0.3, -0.25) is 0 Å². The molecular weight excluding hydrogens is 281 g/mol. The monoisotopic (exact) mass is 295 g/mol. The second-order valence-corrected chi connectivity index (χ2v) is 5.63. The summed E-state index contributed by atoms with van der Waals surface area (Å²) in [6.45, 7) is 1.05. The highest BCUT2D eigenvalue weighted by Crippen LogP contribution is 2.29. The number of halogens is 2. The van der Waals surface area contributed by atoms with Crippen LogP contribution in [0.1, 0.15) is 31.0 Å². The van der Waals surface area contributed by atoms with Crippen LogP contribution in [0.25, 0.3) is 5.69 Å². The van der Waals surface area contributed by atoms with Gasteiger partial charge in [-0.05, 0) is 37.6 Å². The molecule has 0 radical (unpaired) electrons. The van der Waals surface area contributed by atoms with Crippen LogP contribution < -0.4 is 5.32 Å². The fourth-order valence-corrected chi connectivity index (χ4v) is 2.91. The Labute approximate surface area is 122 Å². The van der Waals surface area contributed by atoms with Crippen molar-refractivity contribution < 1.29 is 0 Å². The summed E-state index contributed by atoms with van der Waals surface area (Å²) in [5.74, 6) is 0. The SMILES string of the molecule is Clc1ccc(Cl)c(-n2cncc2C2CCCCN2)c1. The van der Waals surface area contributed by atoms with Gasteiger partial charge in [-0.2, -0.15) is 0 Å². The van der Waals surface area contributed by atoms with Gasteiger partial charge in [0.25, 0.3) is 0 Å². The molecule has 0 aliphatic carbocycles. The second-order valence-electron chi connectivity index (χ2n) is 4.79. The molecular formula is C14H15Cl2N3. The van der Waals surface area contributed by atoms with Crippen LogP contribution in [0.2, 0.25) is 10.0 Å². The van der Waals surface area contributed by atoms with Crippen LogP contribution in [0.3, 0.4) is 0 Å². The zero-order chi connectivity index (χ0) is 13.2. The molecule has 1 saturated heterocycles. The number of imidazole rings is 1. The molecule has 1 N–H and O–H groups in total. The number of hydrogen-bond acceptors (Lipinski definition) is 2. The van der Waals surface area contributed by atoms with Crippen LogP contribution >= 0.6 is 23.2 Å². The maximum Gasteiger partial charge on any atom is 0.0995 e. The van der Waals surface area contributed by atoms with Gasteiger partial charge >= 0.3 is 0 Å². The third-order valence-corrected chi connectivity index (χ3v) is 4.06. The summed E-state index contributed by atoms with van der Waals surface area (Å²) in [7, 11) is 0. The van der Waals surface area contributed by atoms with Gasteiger partial charge in [-0.1, -0.05) is 29.6 Å². The van der Waals surface area contributed by atoms with Crippen molar-refractivity contribution >= 4 is 23.2 Å². The van der Waals surface area contributed by atoms with Crippen LogP contribution in [0.15, 0.2) is 30.7 Å². The highest BCUT2D eigenvalue weighted by atomic mass is 35.5. The standard InChI is InChI=1S/C14H15Cl2N3/c15-10-4-5-11(16)13(7-10)19-9-17-8-14(19)12-3-1-2-6-18-12/h4-5,7-9,12,18H,1-3,6H2. The molecule has 0 saturated carbocycles. The summed E-state index contributed by atoms with van der Waals surface area (Å²) in [5.41, 5.74) is 2.03. The van der Waals surface area contributed by atoms with Crippen molar-refractivity contribution in [1.29, 1.82) is 0 Å². The van der Waals surface area contributed by atoms with E-state index in [0.29, 0.717) is 16.1 Å². The normalized spacial score (nSPS) is 19.6. The van der Waals surface area contributed by atoms with Crippen LogP contribution in [0.4, 0.5) is 0 Å². The first-order chi connectivity index (χ1) is 9.25. The lowest BCUT2D eigenvalue weighted by molar-refractivity contribution is 0.402. The highest BCUT2D eigenvalue weighted by Gasteiger charge is 2.19. The Bertz CT molecular complexity index is 574. The van der Waals surface area contributed by atoms with E-state index < -0.39 is 0 Å². The molecule has 5 heteroatoms. The molecule has 0 amide bonds. The minimum Gasteiger partial charge on any atom is -0.309 e. The molecule has 1 aromatic heterocycles. The first kappa shape index (κ1) is 13.0. The number of benzene rings is 1. The smallest absolute Gasteiger partial charge is 0.0995 e. The van der Waals surface area contributed by atoms with Crippen molar-refractivity contribution in [2.45, 2.75) is 25.3 Å². The first-order valence-corrected chi connectivity index (χ1v) is 7.22. The van der Waals surface area contributed by atoms with E-state index >= 15 is 0 Å². The molecule has 3 nitrogen and oxygen atoms in total. The van der Waals surface area contributed by atoms with Crippen molar-refractivity contribution in [1.82, 2.24) is 14.9 Å². The molecule has 100 valence electrons. The van der Waals surface area contributed by atoms with Gasteiger partial charge in [-0.25, -0.2) is 4.98 Å². The summed E-state index contributed by atoms with van der Waals surface area (Å²) in [6, 6.07) is 5.82. The van der Waals surface area contributed by atoms with Gasteiger partial charge in [-0.15, -0.1) is 0 Å². The van der Waals surface area contributed by atoms with Crippen LogP contribution in [0, 0.1) is 0 Å². The summed E-state index contributed by atoms with van der Waals surface area (Å²) >= 11 is 12.3. The Morgan fingerprint density at radius 3 is 2.95 bits per heavy atom. The topological polar surface area (TPSA) is 29.9 Å². The van der Waals surface area contributed by atoms with E-state index in [0.717, 1.165) is 24.3 Å². The molecule has 2 aromatic rings. The summed E-state index contributed by atoms with van der Waals surface area (Å²) in [4.78, 5) is 4.27. The fourth-order valence-electron chi connectivity index (χ4n) is 2.54. The largest absolute Gasteiger partial charge is 0.309 e. The zero-order valence-electron chi connectivity index (χ0n) is 10.4. The van der Waals surface area contributed by atoms with Gasteiger partial charge in [0.1, 0.15) is 0 Å². The minimum atomic E-state index is 0.339. The molecule has 1 atom stereocenters. The molecule has 1 aliphatic heterocycles. The highest BCUT2D eigenvalue weighted by molar-refractivity contribution is 6.34. The van der Waals surface area contributed by atoms with Crippen molar-refractivity contribution in [2.75, 3.05) is 6.54 Å². The fraction of sp³-hybridized carbons (Fsp3) is 0.357. The summed E-state index contributed by atoms with van der Waals surface area (Å²) in [5, 5.41) is 4.89. The van der Waals surface area contributed by atoms with Crippen molar-refractivity contribution in [3.8, 4) is 5.69 Å². The number of rotatable bonds is 2. The lowest BCUT2D eigenvalue weighted by Crippen LogP contribution is -2.28. The molecule has 3 rings (SSSR count). The summed E-state index contributed by atoms with van der Waals surface area (Å²) in [6.07, 6.45) is 7.31. The van der Waals surface area contributed by atoms with E-state index in [1.54, 1.807) is 12.4 Å². The number of nitrogens with zero attached hydrogens (tertiary/aromatic N) is 2. The first-order valence-electron chi connectivity index (χ1n) is 6.47. The van der Waals surface area contributed by atoms with Crippen molar-refractivity contribution in [2.24, 2.45) is 0 Å². The lowest BCUT2D eigenvalue weighted by atomic mass is 10.0. The predicted octanol–water partition coefficient (Wildman–Crippen LogP) is 3.99. The Hall–Kier alpha value is -1.03. The van der Waals surface area contributed by atoms with E-state index in [9.17, 15) is 0 Å². The molecule has 1 aromatic carbocycles. The van der Waals surface area contributed by atoms with Crippen molar-refractivity contribution in [3.63, 3.8) is 0 Å².